The molecule has 21 heavy (non-hydrogen) atoms. The molecular weight excluding hydrogens is 272 g/mol. The minimum atomic E-state index is -0.416. The second-order valence-corrected chi connectivity index (χ2v) is 4.98. The smallest absolute Gasteiger partial charge is 0.255 e. The van der Waals surface area contributed by atoms with Gasteiger partial charge in [-0.2, -0.15) is 0 Å². The highest BCUT2D eigenvalue weighted by Gasteiger charge is 2.18. The van der Waals surface area contributed by atoms with Crippen LogP contribution in [0.4, 0.5) is 0 Å². The Morgan fingerprint density at radius 3 is 2.71 bits per heavy atom. The van der Waals surface area contributed by atoms with Gasteiger partial charge in [-0.25, -0.2) is 0 Å². The van der Waals surface area contributed by atoms with Crippen LogP contribution in [0.3, 0.4) is 0 Å². The zero-order chi connectivity index (χ0) is 15.2. The summed E-state index contributed by atoms with van der Waals surface area (Å²) in [5.41, 5.74) is 0.142. The molecule has 0 unspecified atom stereocenters. The molecule has 1 heterocycles. The fourth-order valence-electron chi connectivity index (χ4n) is 2.33. The van der Waals surface area contributed by atoms with E-state index in [1.807, 2.05) is 4.90 Å². The third kappa shape index (κ3) is 3.87. The molecule has 6 heteroatoms. The van der Waals surface area contributed by atoms with Gasteiger partial charge in [-0.15, -0.1) is 0 Å². The molecule has 0 bridgehead atoms. The summed E-state index contributed by atoms with van der Waals surface area (Å²) in [5.74, 6) is 0.0218. The molecule has 2 rings (SSSR count). The van der Waals surface area contributed by atoms with E-state index >= 15 is 0 Å². The molecule has 0 radical (unpaired) electrons. The van der Waals surface area contributed by atoms with Gasteiger partial charge < -0.3 is 20.1 Å². The van der Waals surface area contributed by atoms with Gasteiger partial charge in [0.25, 0.3) is 5.91 Å². The van der Waals surface area contributed by atoms with Gasteiger partial charge in [-0.1, -0.05) is 0 Å². The predicted octanol–water partition coefficient (Wildman–Crippen LogP) is 1.14. The number of amides is 2. The van der Waals surface area contributed by atoms with E-state index < -0.39 is 5.91 Å². The fraction of sp³-hybridized carbons (Fsp3) is 0.467. The number of phenols is 1. The van der Waals surface area contributed by atoms with Gasteiger partial charge >= 0.3 is 0 Å². The van der Waals surface area contributed by atoms with Crippen molar-refractivity contribution in [2.75, 3.05) is 26.7 Å². The number of carbonyl (C=O) groups is 2. The van der Waals surface area contributed by atoms with Crippen LogP contribution in [0.5, 0.6) is 11.5 Å². The number of phenolic OH excluding ortho intramolecular Hbond substituents is 1. The summed E-state index contributed by atoms with van der Waals surface area (Å²) in [6, 6.07) is 4.44. The second-order valence-electron chi connectivity index (χ2n) is 4.98. The van der Waals surface area contributed by atoms with Gasteiger partial charge in [-0.3, -0.25) is 9.59 Å². The molecule has 1 aliphatic heterocycles. The lowest BCUT2D eigenvalue weighted by Gasteiger charge is -2.15. The summed E-state index contributed by atoms with van der Waals surface area (Å²) in [5, 5.41) is 12.3. The van der Waals surface area contributed by atoms with Gasteiger partial charge in [0.2, 0.25) is 5.91 Å². The Morgan fingerprint density at radius 2 is 2.05 bits per heavy atom. The highest BCUT2D eigenvalue weighted by atomic mass is 16.5. The highest BCUT2D eigenvalue weighted by Crippen LogP contribution is 2.22. The van der Waals surface area contributed by atoms with E-state index in [9.17, 15) is 14.7 Å². The SMILES string of the molecule is COc1ccc(O)c(C(=O)NCCC(=O)N2CCCC2)c1. The summed E-state index contributed by atoms with van der Waals surface area (Å²) in [4.78, 5) is 25.6. The first-order valence-electron chi connectivity index (χ1n) is 7.05. The van der Waals surface area contributed by atoms with E-state index in [0.717, 1.165) is 25.9 Å². The number of likely N-dealkylation sites (tertiary alicyclic amines) is 1. The largest absolute Gasteiger partial charge is 0.507 e. The number of ether oxygens (including phenoxy) is 1. The van der Waals surface area contributed by atoms with Crippen molar-refractivity contribution < 1.29 is 19.4 Å². The van der Waals surface area contributed by atoms with E-state index in [1.165, 1.54) is 19.2 Å². The number of benzene rings is 1. The zero-order valence-corrected chi connectivity index (χ0v) is 12.1. The van der Waals surface area contributed by atoms with Crippen molar-refractivity contribution in [2.45, 2.75) is 19.3 Å². The number of nitrogens with one attached hydrogen (secondary N) is 1. The summed E-state index contributed by atoms with van der Waals surface area (Å²) >= 11 is 0. The van der Waals surface area contributed by atoms with Crippen LogP contribution in [0.25, 0.3) is 0 Å². The van der Waals surface area contributed by atoms with Crippen LogP contribution >= 0.6 is 0 Å². The Labute approximate surface area is 123 Å². The molecule has 114 valence electrons. The first kappa shape index (κ1) is 15.2. The van der Waals surface area contributed by atoms with E-state index in [1.54, 1.807) is 6.07 Å². The van der Waals surface area contributed by atoms with Crippen molar-refractivity contribution in [1.82, 2.24) is 10.2 Å². The zero-order valence-electron chi connectivity index (χ0n) is 12.1. The van der Waals surface area contributed by atoms with Crippen LogP contribution in [-0.4, -0.2) is 48.6 Å². The second kappa shape index (κ2) is 6.97. The molecule has 1 saturated heterocycles. The maximum Gasteiger partial charge on any atom is 0.255 e. The molecule has 1 aromatic rings. The van der Waals surface area contributed by atoms with Crippen molar-refractivity contribution in [3.8, 4) is 11.5 Å². The predicted molar refractivity (Wildman–Crippen MR) is 77.4 cm³/mol. The summed E-state index contributed by atoms with van der Waals surface area (Å²) < 4.78 is 5.02. The van der Waals surface area contributed by atoms with E-state index in [-0.39, 0.29) is 30.2 Å². The number of carbonyl (C=O) groups excluding carboxylic acids is 2. The average Bonchev–Trinajstić information content (AvgIpc) is 3.01. The monoisotopic (exact) mass is 292 g/mol. The molecule has 6 nitrogen and oxygen atoms in total. The Morgan fingerprint density at radius 1 is 1.33 bits per heavy atom. The van der Waals surface area contributed by atoms with Gasteiger partial charge in [0, 0.05) is 26.1 Å². The van der Waals surface area contributed by atoms with Crippen LogP contribution < -0.4 is 10.1 Å². The summed E-state index contributed by atoms with van der Waals surface area (Å²) in [6.45, 7) is 1.87. The third-order valence-electron chi connectivity index (χ3n) is 3.53. The Bertz CT molecular complexity index is 524. The maximum atomic E-state index is 12.0. The minimum absolute atomic E-state index is 0.0580. The third-order valence-corrected chi connectivity index (χ3v) is 3.53. The van der Waals surface area contributed by atoms with Gasteiger partial charge in [-0.05, 0) is 31.0 Å². The van der Waals surface area contributed by atoms with Crippen LogP contribution in [0.1, 0.15) is 29.6 Å². The number of nitrogens with zero attached hydrogens (tertiary/aromatic N) is 1. The Kier molecular flexibility index (Phi) is 5.03. The lowest BCUT2D eigenvalue weighted by molar-refractivity contribution is -0.129. The van der Waals surface area contributed by atoms with Crippen LogP contribution in [0.2, 0.25) is 0 Å². The Hall–Kier alpha value is -2.24. The van der Waals surface area contributed by atoms with Crippen LogP contribution in [-0.2, 0) is 4.79 Å². The molecule has 0 saturated carbocycles. The number of hydrogen-bond donors (Lipinski definition) is 2. The lowest BCUT2D eigenvalue weighted by atomic mass is 10.1. The van der Waals surface area contributed by atoms with Gasteiger partial charge in [0.1, 0.15) is 11.5 Å². The van der Waals surface area contributed by atoms with Gasteiger partial charge in [0.05, 0.1) is 12.7 Å². The van der Waals surface area contributed by atoms with E-state index in [4.69, 9.17) is 4.74 Å². The molecule has 0 spiro atoms. The number of hydrogen-bond acceptors (Lipinski definition) is 4. The van der Waals surface area contributed by atoms with Crippen molar-refractivity contribution in [2.24, 2.45) is 0 Å². The van der Waals surface area contributed by atoms with Crippen LogP contribution in [0, 0.1) is 0 Å². The molecule has 0 atom stereocenters. The quantitative estimate of drug-likeness (QED) is 0.853. The molecule has 0 aromatic heterocycles. The molecule has 2 amide bonds. The molecular formula is C15H20N2O4. The maximum absolute atomic E-state index is 12.0. The average molecular weight is 292 g/mol. The number of methoxy groups -OCH3 is 1. The molecule has 1 aromatic carbocycles. The number of aromatic hydroxyl groups is 1. The van der Waals surface area contributed by atoms with Crippen LogP contribution in [0.15, 0.2) is 18.2 Å². The summed E-state index contributed by atoms with van der Waals surface area (Å²) in [6.07, 6.45) is 2.38. The first-order valence-corrected chi connectivity index (χ1v) is 7.05. The molecule has 2 N–H and O–H groups in total. The minimum Gasteiger partial charge on any atom is -0.507 e. The molecule has 1 fully saturated rings. The highest BCUT2D eigenvalue weighted by molar-refractivity contribution is 5.97. The molecule has 1 aliphatic rings. The van der Waals surface area contributed by atoms with E-state index in [2.05, 4.69) is 5.32 Å². The first-order chi connectivity index (χ1) is 10.1. The van der Waals surface area contributed by atoms with Gasteiger partial charge in [0.15, 0.2) is 0 Å². The van der Waals surface area contributed by atoms with Crippen molar-refractivity contribution >= 4 is 11.8 Å². The normalized spacial score (nSPS) is 14.0. The standard InChI is InChI=1S/C15H20N2O4/c1-21-11-4-5-13(18)12(10-11)15(20)16-7-6-14(19)17-8-2-3-9-17/h4-5,10,18H,2-3,6-9H2,1H3,(H,16,20). The topological polar surface area (TPSA) is 78.9 Å². The van der Waals surface area contributed by atoms with E-state index in [0.29, 0.717) is 5.75 Å². The summed E-state index contributed by atoms with van der Waals surface area (Å²) in [7, 11) is 1.49. The number of rotatable bonds is 5. The van der Waals surface area contributed by atoms with Crippen molar-refractivity contribution in [3.63, 3.8) is 0 Å². The Balaban J connectivity index is 1.85. The lowest BCUT2D eigenvalue weighted by Crippen LogP contribution is -2.32. The van der Waals surface area contributed by atoms with Crippen molar-refractivity contribution in [3.05, 3.63) is 23.8 Å². The van der Waals surface area contributed by atoms with Crippen molar-refractivity contribution in [1.29, 1.82) is 0 Å². The molecule has 0 aliphatic carbocycles. The fourth-order valence-corrected chi connectivity index (χ4v) is 2.33.